The number of rotatable bonds is 2. The van der Waals surface area contributed by atoms with Gasteiger partial charge in [-0.05, 0) is 13.8 Å². The Morgan fingerprint density at radius 1 is 1.82 bits per heavy atom. The van der Waals surface area contributed by atoms with Crippen LogP contribution >= 0.6 is 11.3 Å². The van der Waals surface area contributed by atoms with Crippen LogP contribution in [0.4, 0.5) is 0 Å². The van der Waals surface area contributed by atoms with E-state index < -0.39 is 6.04 Å². The number of nitrogens with two attached hydrogens (primary N) is 1. The Morgan fingerprint density at radius 2 is 2.45 bits per heavy atom. The topological polar surface area (TPSA) is 56.0 Å². The van der Waals surface area contributed by atoms with Crippen LogP contribution in [-0.4, -0.2) is 16.8 Å². The zero-order valence-electron chi connectivity index (χ0n) is 6.50. The van der Waals surface area contributed by atoms with Gasteiger partial charge in [0.05, 0.1) is 22.1 Å². The molecule has 2 N–H and O–H groups in total. The lowest BCUT2D eigenvalue weighted by molar-refractivity contribution is 0.0971. The van der Waals surface area contributed by atoms with Crippen LogP contribution in [0.1, 0.15) is 22.3 Å². The van der Waals surface area contributed by atoms with Crippen molar-refractivity contribution >= 4 is 17.1 Å². The third-order valence-corrected chi connectivity index (χ3v) is 2.33. The second kappa shape index (κ2) is 3.11. The van der Waals surface area contributed by atoms with Gasteiger partial charge in [0.25, 0.3) is 0 Å². The maximum absolute atomic E-state index is 11.3. The van der Waals surface area contributed by atoms with E-state index >= 15 is 0 Å². The molecule has 0 aromatic carbocycles. The first-order valence-electron chi connectivity index (χ1n) is 3.33. The SMILES string of the molecule is Cc1ncsc1C(=O)C(C)N. The van der Waals surface area contributed by atoms with E-state index in [0.717, 1.165) is 5.69 Å². The van der Waals surface area contributed by atoms with Crippen LogP contribution in [0.2, 0.25) is 0 Å². The zero-order valence-corrected chi connectivity index (χ0v) is 7.31. The minimum atomic E-state index is -0.422. The highest BCUT2D eigenvalue weighted by atomic mass is 32.1. The first-order chi connectivity index (χ1) is 5.13. The van der Waals surface area contributed by atoms with E-state index in [9.17, 15) is 4.79 Å². The molecule has 1 heterocycles. The molecular formula is C7H10N2OS. The number of carbonyl (C=O) groups is 1. The Hall–Kier alpha value is -0.740. The van der Waals surface area contributed by atoms with Gasteiger partial charge in [0, 0.05) is 0 Å². The van der Waals surface area contributed by atoms with E-state index in [1.165, 1.54) is 11.3 Å². The van der Waals surface area contributed by atoms with Crippen molar-refractivity contribution in [2.24, 2.45) is 5.73 Å². The second-order valence-corrected chi connectivity index (χ2v) is 3.27. The van der Waals surface area contributed by atoms with Crippen molar-refractivity contribution in [2.45, 2.75) is 19.9 Å². The molecule has 0 bridgehead atoms. The van der Waals surface area contributed by atoms with Gasteiger partial charge in [-0.3, -0.25) is 4.79 Å². The van der Waals surface area contributed by atoms with Gasteiger partial charge >= 0.3 is 0 Å². The van der Waals surface area contributed by atoms with Crippen molar-refractivity contribution in [1.82, 2.24) is 4.98 Å². The van der Waals surface area contributed by atoms with Gasteiger partial charge in [0.1, 0.15) is 0 Å². The third-order valence-electron chi connectivity index (χ3n) is 1.38. The first kappa shape index (κ1) is 8.36. The van der Waals surface area contributed by atoms with Gasteiger partial charge in [-0.2, -0.15) is 0 Å². The summed E-state index contributed by atoms with van der Waals surface area (Å²) in [6.07, 6.45) is 0. The summed E-state index contributed by atoms with van der Waals surface area (Å²) in [7, 11) is 0. The average Bonchev–Trinajstić information content (AvgIpc) is 2.33. The quantitative estimate of drug-likeness (QED) is 0.673. The summed E-state index contributed by atoms with van der Waals surface area (Å²) in [5.74, 6) is -0.0231. The Balaban J connectivity index is 2.93. The molecule has 4 heteroatoms. The van der Waals surface area contributed by atoms with E-state index in [2.05, 4.69) is 4.98 Å². The monoisotopic (exact) mass is 170 g/mol. The third kappa shape index (κ3) is 1.64. The minimum absolute atomic E-state index is 0.0231. The molecule has 0 spiro atoms. The van der Waals surface area contributed by atoms with E-state index in [4.69, 9.17) is 5.73 Å². The van der Waals surface area contributed by atoms with Crippen LogP contribution in [0.5, 0.6) is 0 Å². The molecule has 0 saturated carbocycles. The number of hydrogen-bond donors (Lipinski definition) is 1. The maximum atomic E-state index is 11.3. The number of carbonyl (C=O) groups excluding carboxylic acids is 1. The van der Waals surface area contributed by atoms with Crippen LogP contribution in [-0.2, 0) is 0 Å². The fourth-order valence-corrected chi connectivity index (χ4v) is 1.59. The van der Waals surface area contributed by atoms with Crippen molar-refractivity contribution < 1.29 is 4.79 Å². The molecule has 0 aliphatic rings. The summed E-state index contributed by atoms with van der Waals surface area (Å²) in [5.41, 5.74) is 7.86. The van der Waals surface area contributed by atoms with E-state index in [-0.39, 0.29) is 5.78 Å². The van der Waals surface area contributed by atoms with Gasteiger partial charge in [0.15, 0.2) is 5.78 Å². The molecule has 1 atom stereocenters. The molecule has 0 amide bonds. The summed E-state index contributed by atoms with van der Waals surface area (Å²) in [6, 6.07) is -0.422. The Bertz CT molecular complexity index is 267. The summed E-state index contributed by atoms with van der Waals surface area (Å²) in [5, 5.41) is 0. The van der Waals surface area contributed by atoms with Crippen molar-refractivity contribution in [3.8, 4) is 0 Å². The fraction of sp³-hybridized carbons (Fsp3) is 0.429. The summed E-state index contributed by atoms with van der Waals surface area (Å²) < 4.78 is 0. The lowest BCUT2D eigenvalue weighted by Gasteiger charge is -2.00. The molecule has 1 rings (SSSR count). The second-order valence-electron chi connectivity index (χ2n) is 2.42. The van der Waals surface area contributed by atoms with Crippen LogP contribution in [0.25, 0.3) is 0 Å². The van der Waals surface area contributed by atoms with E-state index in [1.807, 2.05) is 6.92 Å². The molecule has 0 fully saturated rings. The number of aryl methyl sites for hydroxylation is 1. The van der Waals surface area contributed by atoms with Gasteiger partial charge < -0.3 is 5.73 Å². The van der Waals surface area contributed by atoms with Crippen molar-refractivity contribution in [2.75, 3.05) is 0 Å². The Morgan fingerprint density at radius 3 is 2.82 bits per heavy atom. The van der Waals surface area contributed by atoms with E-state index in [1.54, 1.807) is 12.4 Å². The smallest absolute Gasteiger partial charge is 0.191 e. The predicted molar refractivity (Wildman–Crippen MR) is 44.8 cm³/mol. The normalized spacial score (nSPS) is 13.0. The van der Waals surface area contributed by atoms with Gasteiger partial charge in [-0.1, -0.05) is 0 Å². The average molecular weight is 170 g/mol. The van der Waals surface area contributed by atoms with Gasteiger partial charge in [-0.25, -0.2) is 4.98 Å². The fourth-order valence-electron chi connectivity index (χ4n) is 0.745. The zero-order chi connectivity index (χ0) is 8.43. The molecule has 1 aromatic heterocycles. The molecule has 60 valence electrons. The minimum Gasteiger partial charge on any atom is -0.321 e. The highest BCUT2D eigenvalue weighted by Crippen LogP contribution is 2.13. The van der Waals surface area contributed by atoms with Gasteiger partial charge in [0.2, 0.25) is 0 Å². The number of ketones is 1. The summed E-state index contributed by atoms with van der Waals surface area (Å²) >= 11 is 1.35. The van der Waals surface area contributed by atoms with Crippen LogP contribution in [0.15, 0.2) is 5.51 Å². The number of nitrogens with zero attached hydrogens (tertiary/aromatic N) is 1. The van der Waals surface area contributed by atoms with Crippen molar-refractivity contribution in [1.29, 1.82) is 0 Å². The number of thiazole rings is 1. The largest absolute Gasteiger partial charge is 0.321 e. The molecule has 1 aromatic rings. The van der Waals surface area contributed by atoms with Gasteiger partial charge in [-0.15, -0.1) is 11.3 Å². The summed E-state index contributed by atoms with van der Waals surface area (Å²) in [6.45, 7) is 3.49. The molecule has 11 heavy (non-hydrogen) atoms. The maximum Gasteiger partial charge on any atom is 0.191 e. The van der Waals surface area contributed by atoms with Crippen molar-refractivity contribution in [3.05, 3.63) is 16.1 Å². The highest BCUT2D eigenvalue weighted by molar-refractivity contribution is 7.12. The number of aromatic nitrogens is 1. The molecule has 3 nitrogen and oxygen atoms in total. The molecule has 1 unspecified atom stereocenters. The standard InChI is InChI=1S/C7H10N2OS/c1-4(8)6(10)7-5(2)9-3-11-7/h3-4H,8H2,1-2H3. The molecule has 0 aliphatic carbocycles. The van der Waals surface area contributed by atoms with Crippen LogP contribution in [0.3, 0.4) is 0 Å². The van der Waals surface area contributed by atoms with E-state index in [0.29, 0.717) is 4.88 Å². The molecule has 0 aliphatic heterocycles. The van der Waals surface area contributed by atoms with Crippen LogP contribution < -0.4 is 5.73 Å². The first-order valence-corrected chi connectivity index (χ1v) is 4.20. The predicted octanol–water partition coefficient (Wildman–Crippen LogP) is 0.981. The van der Waals surface area contributed by atoms with Crippen molar-refractivity contribution in [3.63, 3.8) is 0 Å². The number of hydrogen-bond acceptors (Lipinski definition) is 4. The Kier molecular flexibility index (Phi) is 2.36. The lowest BCUT2D eigenvalue weighted by Crippen LogP contribution is -2.26. The molecular weight excluding hydrogens is 160 g/mol. The molecule has 0 radical (unpaired) electrons. The van der Waals surface area contributed by atoms with Crippen LogP contribution in [0, 0.1) is 6.92 Å². The highest BCUT2D eigenvalue weighted by Gasteiger charge is 2.14. The summed E-state index contributed by atoms with van der Waals surface area (Å²) in [4.78, 5) is 15.9. The Labute approximate surface area is 69.3 Å². The lowest BCUT2D eigenvalue weighted by atomic mass is 10.2. The molecule has 0 saturated heterocycles. The number of Topliss-reactive ketones (excluding diaryl/α,β-unsaturated/α-hetero) is 1.